The van der Waals surface area contributed by atoms with Crippen LogP contribution in [-0.4, -0.2) is 34.5 Å². The number of hydrogen-bond acceptors (Lipinski definition) is 4. The first-order valence-corrected chi connectivity index (χ1v) is 8.94. The molecule has 8 heteroatoms. The quantitative estimate of drug-likeness (QED) is 0.536. The number of nitrogens with one attached hydrogen (secondary N) is 2. The summed E-state index contributed by atoms with van der Waals surface area (Å²) in [4.78, 5) is 23.3. The van der Waals surface area contributed by atoms with Gasteiger partial charge in [-0.3, -0.25) is 4.79 Å². The summed E-state index contributed by atoms with van der Waals surface area (Å²) >= 11 is 0. The van der Waals surface area contributed by atoms with E-state index in [1.165, 1.54) is 24.3 Å². The van der Waals surface area contributed by atoms with Crippen LogP contribution in [0.25, 0.3) is 0 Å². The molecular formula is C17H18N2O5P+. The van der Waals surface area contributed by atoms with E-state index in [1.54, 1.807) is 0 Å². The van der Waals surface area contributed by atoms with E-state index in [4.69, 9.17) is 10.2 Å². The molecule has 0 saturated carbocycles. The molecule has 0 saturated heterocycles. The van der Waals surface area contributed by atoms with E-state index in [9.17, 15) is 14.2 Å². The Labute approximate surface area is 145 Å². The smallest absolute Gasteiger partial charge is 0.461 e. The van der Waals surface area contributed by atoms with Gasteiger partial charge in [-0.2, -0.15) is 0 Å². The second kappa shape index (κ2) is 9.03. The fraction of sp³-hybridized carbons (Fsp3) is 0.176. The maximum atomic E-state index is 12.5. The molecule has 2 rings (SSSR count). The van der Waals surface area contributed by atoms with Crippen molar-refractivity contribution in [1.82, 2.24) is 5.09 Å². The highest BCUT2D eigenvalue weighted by Gasteiger charge is 2.27. The van der Waals surface area contributed by atoms with E-state index in [0.717, 1.165) is 5.56 Å². The molecule has 0 aliphatic heterocycles. The highest BCUT2D eigenvalue weighted by Crippen LogP contribution is 2.17. The number of carboxylic acids is 1. The van der Waals surface area contributed by atoms with Crippen molar-refractivity contribution in [2.45, 2.75) is 12.5 Å². The highest BCUT2D eigenvalue weighted by atomic mass is 31.1. The number of carbonyl (C=O) groups is 2. The lowest BCUT2D eigenvalue weighted by Gasteiger charge is -2.14. The van der Waals surface area contributed by atoms with Gasteiger partial charge in [0.2, 0.25) is 5.91 Å². The number of aliphatic hydroxyl groups excluding tert-OH is 1. The van der Waals surface area contributed by atoms with Gasteiger partial charge < -0.3 is 15.5 Å². The Bertz CT molecular complexity index is 749. The average Bonchev–Trinajstić information content (AvgIpc) is 2.62. The van der Waals surface area contributed by atoms with Crippen LogP contribution in [0.1, 0.15) is 15.9 Å². The third-order valence-corrected chi connectivity index (χ3v) is 4.28. The molecule has 2 aromatic carbocycles. The van der Waals surface area contributed by atoms with Crippen molar-refractivity contribution in [3.63, 3.8) is 0 Å². The van der Waals surface area contributed by atoms with Gasteiger partial charge in [-0.25, -0.2) is 4.79 Å². The topological polar surface area (TPSA) is 116 Å². The molecule has 0 fully saturated rings. The second-order valence-corrected chi connectivity index (χ2v) is 6.56. The van der Waals surface area contributed by atoms with Gasteiger partial charge in [0.1, 0.15) is 6.04 Å². The number of benzene rings is 2. The SMILES string of the molecule is O=C(O)c1ccc(NC(=O)[C@H](Cc2ccccc2)N[P+](=O)CO)cc1. The Morgan fingerprint density at radius 3 is 2.24 bits per heavy atom. The van der Waals surface area contributed by atoms with Crippen LogP contribution in [0, 0.1) is 0 Å². The fourth-order valence-corrected chi connectivity index (χ4v) is 2.82. The molecule has 7 nitrogen and oxygen atoms in total. The molecule has 0 spiro atoms. The number of carbonyl (C=O) groups excluding carboxylic acids is 1. The Morgan fingerprint density at radius 1 is 1.04 bits per heavy atom. The van der Waals surface area contributed by atoms with Gasteiger partial charge in [0, 0.05) is 12.1 Å². The van der Waals surface area contributed by atoms with Crippen molar-refractivity contribution >= 4 is 25.5 Å². The average molecular weight is 361 g/mol. The van der Waals surface area contributed by atoms with Crippen molar-refractivity contribution in [3.8, 4) is 0 Å². The van der Waals surface area contributed by atoms with Crippen LogP contribution in [0.3, 0.4) is 0 Å². The van der Waals surface area contributed by atoms with Crippen molar-refractivity contribution in [3.05, 3.63) is 65.7 Å². The normalized spacial score (nSPS) is 12.3. The van der Waals surface area contributed by atoms with Crippen LogP contribution in [0.2, 0.25) is 0 Å². The van der Waals surface area contributed by atoms with E-state index < -0.39 is 32.2 Å². The maximum Gasteiger partial charge on any atom is 0.461 e. The number of amides is 1. The summed E-state index contributed by atoms with van der Waals surface area (Å²) < 4.78 is 11.6. The van der Waals surface area contributed by atoms with Crippen molar-refractivity contribution in [2.24, 2.45) is 0 Å². The Kier molecular flexibility index (Phi) is 6.77. The van der Waals surface area contributed by atoms with Gasteiger partial charge in [-0.05, 0) is 34.4 Å². The number of aliphatic hydroxyl groups is 1. The lowest BCUT2D eigenvalue weighted by molar-refractivity contribution is -0.117. The van der Waals surface area contributed by atoms with Crippen LogP contribution >= 0.6 is 7.95 Å². The van der Waals surface area contributed by atoms with Crippen molar-refractivity contribution in [2.75, 3.05) is 11.7 Å². The van der Waals surface area contributed by atoms with E-state index >= 15 is 0 Å². The maximum absolute atomic E-state index is 12.5. The molecule has 25 heavy (non-hydrogen) atoms. The van der Waals surface area contributed by atoms with Gasteiger partial charge in [0.25, 0.3) is 6.35 Å². The lowest BCUT2D eigenvalue weighted by Crippen LogP contribution is -2.39. The van der Waals surface area contributed by atoms with Crippen LogP contribution < -0.4 is 10.4 Å². The molecule has 0 bridgehead atoms. The molecule has 2 aromatic rings. The molecule has 0 aromatic heterocycles. The molecule has 0 aliphatic rings. The fourth-order valence-electron chi connectivity index (χ4n) is 2.19. The van der Waals surface area contributed by atoms with E-state index in [2.05, 4.69) is 10.4 Å². The summed E-state index contributed by atoms with van der Waals surface area (Å²) in [5, 5.41) is 23.1. The highest BCUT2D eigenvalue weighted by molar-refractivity contribution is 7.42. The molecule has 1 amide bonds. The molecule has 4 N–H and O–H groups in total. The predicted molar refractivity (Wildman–Crippen MR) is 93.8 cm³/mol. The predicted octanol–water partition coefficient (Wildman–Crippen LogP) is 2.22. The largest absolute Gasteiger partial charge is 0.478 e. The minimum Gasteiger partial charge on any atom is -0.478 e. The van der Waals surface area contributed by atoms with Crippen molar-refractivity contribution < 1.29 is 24.4 Å². The standard InChI is InChI=1S/C17H17N2O5P/c20-11-25(24)19-15(10-12-4-2-1-3-5-12)16(21)18-14-8-6-13(7-9-14)17(22)23/h1-9,15,20H,10-11H2,(H2-,18,19,21,22,23,24)/p+1/t15-/m0/s1. The first-order chi connectivity index (χ1) is 12.0. The van der Waals surface area contributed by atoms with Gasteiger partial charge in [-0.15, -0.1) is 0 Å². The number of aromatic carboxylic acids is 1. The Morgan fingerprint density at radius 2 is 1.68 bits per heavy atom. The molecule has 0 heterocycles. The Hall–Kier alpha value is -2.60. The minimum atomic E-state index is -2.12. The third kappa shape index (κ3) is 5.76. The monoisotopic (exact) mass is 361 g/mol. The molecule has 0 aliphatic carbocycles. The first kappa shape index (κ1) is 18.7. The number of carboxylic acid groups (broad SMARTS) is 1. The first-order valence-electron chi connectivity index (χ1n) is 7.49. The second-order valence-electron chi connectivity index (χ2n) is 5.26. The summed E-state index contributed by atoms with van der Waals surface area (Å²) in [7, 11) is -2.12. The molecule has 2 atom stereocenters. The van der Waals surface area contributed by atoms with Crippen LogP contribution in [0.4, 0.5) is 5.69 Å². The summed E-state index contributed by atoms with van der Waals surface area (Å²) in [5.74, 6) is -1.48. The Balaban J connectivity index is 2.10. The lowest BCUT2D eigenvalue weighted by atomic mass is 10.1. The summed E-state index contributed by atoms with van der Waals surface area (Å²) in [6.07, 6.45) is -0.276. The molecule has 1 unspecified atom stereocenters. The molecular weight excluding hydrogens is 343 g/mol. The zero-order chi connectivity index (χ0) is 18.2. The van der Waals surface area contributed by atoms with Crippen molar-refractivity contribution in [1.29, 1.82) is 0 Å². The third-order valence-electron chi connectivity index (χ3n) is 3.43. The molecule has 0 radical (unpaired) electrons. The van der Waals surface area contributed by atoms with Crippen LogP contribution in [0.5, 0.6) is 0 Å². The number of rotatable bonds is 8. The zero-order valence-electron chi connectivity index (χ0n) is 13.3. The van der Waals surface area contributed by atoms with Gasteiger partial charge in [-0.1, -0.05) is 35.4 Å². The van der Waals surface area contributed by atoms with Gasteiger partial charge in [0.15, 0.2) is 0 Å². The number of hydrogen-bond donors (Lipinski definition) is 4. The van der Waals surface area contributed by atoms with Gasteiger partial charge >= 0.3 is 13.9 Å². The van der Waals surface area contributed by atoms with E-state index in [1.807, 2.05) is 30.3 Å². The summed E-state index contributed by atoms with van der Waals surface area (Å²) in [6, 6.07) is 14.1. The summed E-state index contributed by atoms with van der Waals surface area (Å²) in [5.41, 5.74) is 1.41. The van der Waals surface area contributed by atoms with E-state index in [0.29, 0.717) is 12.1 Å². The summed E-state index contributed by atoms with van der Waals surface area (Å²) in [6.45, 7) is 0. The van der Waals surface area contributed by atoms with E-state index in [-0.39, 0.29) is 5.56 Å². The molecule has 130 valence electrons. The zero-order valence-corrected chi connectivity index (χ0v) is 14.1. The van der Waals surface area contributed by atoms with Gasteiger partial charge in [0.05, 0.1) is 5.56 Å². The van der Waals surface area contributed by atoms with Crippen LogP contribution in [0.15, 0.2) is 54.6 Å². The minimum absolute atomic E-state index is 0.111. The number of anilines is 1. The van der Waals surface area contributed by atoms with Crippen LogP contribution in [-0.2, 0) is 15.8 Å².